The number of nitrogens with zero attached hydrogens (tertiary/aromatic N) is 2. The highest BCUT2D eigenvalue weighted by Crippen LogP contribution is 2.22. The van der Waals surface area contributed by atoms with Gasteiger partial charge in [-0.1, -0.05) is 12.1 Å². The summed E-state index contributed by atoms with van der Waals surface area (Å²) in [6.07, 6.45) is 3.11. The van der Waals surface area contributed by atoms with E-state index in [-0.39, 0.29) is 5.91 Å². The van der Waals surface area contributed by atoms with Crippen LogP contribution in [0.25, 0.3) is 10.9 Å². The molecule has 0 aliphatic heterocycles. The maximum atomic E-state index is 12.2. The third kappa shape index (κ3) is 3.39. The SMILES string of the molecule is O=C(NCc1ccco1)c1ccc(Nc2ncnc3ccccc23)cc1. The summed E-state index contributed by atoms with van der Waals surface area (Å²) in [7, 11) is 0. The van der Waals surface area contributed by atoms with Crippen molar-refractivity contribution in [3.63, 3.8) is 0 Å². The number of carbonyl (C=O) groups is 1. The van der Waals surface area contributed by atoms with Crippen LogP contribution in [0, 0.1) is 0 Å². The number of benzene rings is 2. The third-order valence-corrected chi connectivity index (χ3v) is 3.96. The smallest absolute Gasteiger partial charge is 0.251 e. The minimum absolute atomic E-state index is 0.152. The van der Waals surface area contributed by atoms with E-state index in [0.29, 0.717) is 17.9 Å². The number of hydrogen-bond acceptors (Lipinski definition) is 5. The van der Waals surface area contributed by atoms with E-state index >= 15 is 0 Å². The standard InChI is InChI=1S/C20H16N4O2/c25-20(21-12-16-4-3-11-26-16)14-7-9-15(10-8-14)24-19-17-5-1-2-6-18(17)22-13-23-19/h1-11,13H,12H2,(H,21,25)(H,22,23,24). The molecule has 0 fully saturated rings. The lowest BCUT2D eigenvalue weighted by atomic mass is 10.2. The van der Waals surface area contributed by atoms with Gasteiger partial charge in [0.15, 0.2) is 0 Å². The number of hydrogen-bond donors (Lipinski definition) is 2. The maximum absolute atomic E-state index is 12.2. The van der Waals surface area contributed by atoms with Crippen molar-refractivity contribution in [1.82, 2.24) is 15.3 Å². The van der Waals surface area contributed by atoms with E-state index in [4.69, 9.17) is 4.42 Å². The predicted molar refractivity (Wildman–Crippen MR) is 99.1 cm³/mol. The molecule has 4 aromatic rings. The largest absolute Gasteiger partial charge is 0.467 e. The highest BCUT2D eigenvalue weighted by molar-refractivity contribution is 5.95. The van der Waals surface area contributed by atoms with Crippen LogP contribution in [0.3, 0.4) is 0 Å². The Morgan fingerprint density at radius 2 is 1.81 bits per heavy atom. The first kappa shape index (κ1) is 15.8. The van der Waals surface area contributed by atoms with Gasteiger partial charge in [0.25, 0.3) is 5.91 Å². The fourth-order valence-electron chi connectivity index (χ4n) is 2.63. The number of fused-ring (bicyclic) bond motifs is 1. The summed E-state index contributed by atoms with van der Waals surface area (Å²) in [5.41, 5.74) is 2.30. The minimum atomic E-state index is -0.152. The molecule has 26 heavy (non-hydrogen) atoms. The van der Waals surface area contributed by atoms with Gasteiger partial charge in [0.05, 0.1) is 18.3 Å². The summed E-state index contributed by atoms with van der Waals surface area (Å²) in [5.74, 6) is 1.29. The number of nitrogens with one attached hydrogen (secondary N) is 2. The topological polar surface area (TPSA) is 80.0 Å². The molecule has 2 N–H and O–H groups in total. The summed E-state index contributed by atoms with van der Waals surface area (Å²) in [6.45, 7) is 0.360. The van der Waals surface area contributed by atoms with Crippen molar-refractivity contribution in [1.29, 1.82) is 0 Å². The lowest BCUT2D eigenvalue weighted by Gasteiger charge is -2.09. The van der Waals surface area contributed by atoms with Gasteiger partial charge in [-0.3, -0.25) is 4.79 Å². The molecule has 0 atom stereocenters. The van der Waals surface area contributed by atoms with Crippen LogP contribution in [-0.2, 0) is 6.54 Å². The Bertz CT molecular complexity index is 1020. The van der Waals surface area contributed by atoms with Crippen LogP contribution in [0.1, 0.15) is 16.1 Å². The van der Waals surface area contributed by atoms with Gasteiger partial charge in [-0.15, -0.1) is 0 Å². The molecule has 1 amide bonds. The highest BCUT2D eigenvalue weighted by atomic mass is 16.3. The minimum Gasteiger partial charge on any atom is -0.467 e. The van der Waals surface area contributed by atoms with E-state index in [2.05, 4.69) is 20.6 Å². The predicted octanol–water partition coefficient (Wildman–Crippen LogP) is 3.90. The normalized spacial score (nSPS) is 10.6. The molecule has 0 radical (unpaired) electrons. The molecule has 0 spiro atoms. The lowest BCUT2D eigenvalue weighted by Crippen LogP contribution is -2.22. The zero-order chi connectivity index (χ0) is 17.8. The first-order chi connectivity index (χ1) is 12.8. The first-order valence-electron chi connectivity index (χ1n) is 8.17. The molecule has 0 aliphatic rings. The quantitative estimate of drug-likeness (QED) is 0.574. The zero-order valence-corrected chi connectivity index (χ0v) is 13.8. The Kier molecular flexibility index (Phi) is 4.30. The Balaban J connectivity index is 1.46. The molecule has 0 saturated heterocycles. The van der Waals surface area contributed by atoms with Crippen LogP contribution in [0.2, 0.25) is 0 Å². The molecule has 0 aliphatic carbocycles. The van der Waals surface area contributed by atoms with Crippen molar-refractivity contribution in [2.75, 3.05) is 5.32 Å². The number of para-hydroxylation sites is 1. The van der Waals surface area contributed by atoms with E-state index < -0.39 is 0 Å². The molecular formula is C20H16N4O2. The lowest BCUT2D eigenvalue weighted by molar-refractivity contribution is 0.0948. The van der Waals surface area contributed by atoms with Crippen molar-refractivity contribution in [2.24, 2.45) is 0 Å². The first-order valence-corrected chi connectivity index (χ1v) is 8.17. The molecule has 128 valence electrons. The van der Waals surface area contributed by atoms with Crippen molar-refractivity contribution < 1.29 is 9.21 Å². The van der Waals surface area contributed by atoms with E-state index in [0.717, 1.165) is 22.4 Å². The Morgan fingerprint density at radius 3 is 2.62 bits per heavy atom. The second kappa shape index (κ2) is 7.06. The molecule has 0 saturated carbocycles. The summed E-state index contributed by atoms with van der Waals surface area (Å²) < 4.78 is 5.20. The molecule has 2 aromatic carbocycles. The number of carbonyl (C=O) groups excluding carboxylic acids is 1. The summed E-state index contributed by atoms with van der Waals surface area (Å²) in [5, 5.41) is 7.03. The van der Waals surface area contributed by atoms with Gasteiger partial charge in [-0.05, 0) is 48.5 Å². The Hall–Kier alpha value is -3.67. The van der Waals surface area contributed by atoms with E-state index in [1.54, 1.807) is 24.5 Å². The van der Waals surface area contributed by atoms with Crippen LogP contribution in [0.5, 0.6) is 0 Å². The molecule has 0 bridgehead atoms. The number of amides is 1. The van der Waals surface area contributed by atoms with Gasteiger partial charge in [0, 0.05) is 16.6 Å². The van der Waals surface area contributed by atoms with E-state index in [1.165, 1.54) is 6.33 Å². The van der Waals surface area contributed by atoms with E-state index in [9.17, 15) is 4.79 Å². The summed E-state index contributed by atoms with van der Waals surface area (Å²) >= 11 is 0. The third-order valence-electron chi connectivity index (χ3n) is 3.96. The zero-order valence-electron chi connectivity index (χ0n) is 13.8. The van der Waals surface area contributed by atoms with E-state index in [1.807, 2.05) is 42.5 Å². The van der Waals surface area contributed by atoms with Gasteiger partial charge in [-0.2, -0.15) is 0 Å². The van der Waals surface area contributed by atoms with Crippen molar-refractivity contribution in [2.45, 2.75) is 6.54 Å². The van der Waals surface area contributed by atoms with Gasteiger partial charge in [0.2, 0.25) is 0 Å². The molecule has 4 rings (SSSR count). The summed E-state index contributed by atoms with van der Waals surface area (Å²) in [6, 6.07) is 18.6. The van der Waals surface area contributed by atoms with Crippen LogP contribution in [0.4, 0.5) is 11.5 Å². The Labute approximate surface area is 149 Å². The fraction of sp³-hybridized carbons (Fsp3) is 0.0500. The maximum Gasteiger partial charge on any atom is 0.251 e. The van der Waals surface area contributed by atoms with Gasteiger partial charge in [-0.25, -0.2) is 9.97 Å². The van der Waals surface area contributed by atoms with Gasteiger partial charge in [0.1, 0.15) is 17.9 Å². The average Bonchev–Trinajstić information content (AvgIpc) is 3.21. The number of furan rings is 1. The monoisotopic (exact) mass is 344 g/mol. The summed E-state index contributed by atoms with van der Waals surface area (Å²) in [4.78, 5) is 20.7. The molecular weight excluding hydrogens is 328 g/mol. The highest BCUT2D eigenvalue weighted by Gasteiger charge is 2.07. The second-order valence-corrected chi connectivity index (χ2v) is 5.70. The number of anilines is 2. The van der Waals surface area contributed by atoms with Crippen LogP contribution in [0.15, 0.2) is 77.7 Å². The Morgan fingerprint density at radius 1 is 0.962 bits per heavy atom. The van der Waals surface area contributed by atoms with Gasteiger partial charge < -0.3 is 15.1 Å². The average molecular weight is 344 g/mol. The van der Waals surface area contributed by atoms with Crippen LogP contribution in [-0.4, -0.2) is 15.9 Å². The fourth-order valence-corrected chi connectivity index (χ4v) is 2.63. The molecule has 6 nitrogen and oxygen atoms in total. The van der Waals surface area contributed by atoms with Crippen LogP contribution < -0.4 is 10.6 Å². The van der Waals surface area contributed by atoms with Crippen molar-refractivity contribution in [3.8, 4) is 0 Å². The molecule has 2 heterocycles. The van der Waals surface area contributed by atoms with Crippen molar-refractivity contribution >= 4 is 28.3 Å². The number of aromatic nitrogens is 2. The molecule has 2 aromatic heterocycles. The molecule has 0 unspecified atom stereocenters. The van der Waals surface area contributed by atoms with Gasteiger partial charge >= 0.3 is 0 Å². The number of rotatable bonds is 5. The second-order valence-electron chi connectivity index (χ2n) is 5.70. The molecule has 6 heteroatoms. The van der Waals surface area contributed by atoms with Crippen molar-refractivity contribution in [3.05, 3.63) is 84.6 Å². The van der Waals surface area contributed by atoms with Crippen LogP contribution >= 0.6 is 0 Å².